The third kappa shape index (κ3) is 6.70. The maximum absolute atomic E-state index is 11.9. The maximum atomic E-state index is 11.9. The van der Waals surface area contributed by atoms with E-state index in [1.54, 1.807) is 13.1 Å². The van der Waals surface area contributed by atoms with Gasteiger partial charge in [-0.15, -0.1) is 12.4 Å². The molecular weight excluding hydrogens is 353 g/mol. The number of aliphatic imine (C=N–C) groups is 1. The average Bonchev–Trinajstić information content (AvgIpc) is 2.49. The topological polar surface area (TPSA) is 94.5 Å². The first-order valence-corrected chi connectivity index (χ1v) is 7.87. The molecule has 1 aliphatic heterocycles. The first-order valence-electron chi connectivity index (χ1n) is 7.87. The van der Waals surface area contributed by atoms with E-state index in [0.717, 1.165) is 18.5 Å². The molecule has 0 aliphatic carbocycles. The summed E-state index contributed by atoms with van der Waals surface area (Å²) < 4.78 is 0. The number of carbonyl (C=O) groups excluding carboxylic acids is 2. The Hall–Kier alpha value is -0.950. The fourth-order valence-corrected chi connectivity index (χ4v) is 2.75. The number of amidine groups is 1. The predicted octanol–water partition coefficient (Wildman–Crippen LogP) is -0.992. The van der Waals surface area contributed by atoms with Crippen molar-refractivity contribution in [3.8, 4) is 0 Å². The fourth-order valence-electron chi connectivity index (χ4n) is 2.75. The smallest absolute Gasteiger partial charge is 0.846 e. The number of amides is 2. The molecule has 1 aliphatic rings. The van der Waals surface area contributed by atoms with Gasteiger partial charge < -0.3 is 10.4 Å². The maximum Gasteiger partial charge on any atom is 1.00 e. The van der Waals surface area contributed by atoms with Crippen molar-refractivity contribution < 1.29 is 44.3 Å². The standard InChI is InChI=1S/C11H18N2O3.C6H7N.ClH.Na/c1-4-6-7(3)11(5-2)8(14)12-10(16)13-9(11)15;1-6-4-2-3-5-7-6;;/h7H,4-6H2,1-3H3,(H2,12,13,14,15,16);2-5H,1H3;1H;/q;;;+1/p-1. The Balaban J connectivity index is 0. The molecule has 6 nitrogen and oxygen atoms in total. The van der Waals surface area contributed by atoms with Crippen molar-refractivity contribution in [3.05, 3.63) is 30.1 Å². The van der Waals surface area contributed by atoms with Crippen molar-refractivity contribution >= 4 is 30.2 Å². The van der Waals surface area contributed by atoms with Crippen LogP contribution in [0.3, 0.4) is 0 Å². The van der Waals surface area contributed by atoms with Gasteiger partial charge in [-0.05, 0) is 37.8 Å². The number of hydrogen-bond donors (Lipinski definition) is 1. The van der Waals surface area contributed by atoms with Crippen LogP contribution in [0.2, 0.25) is 0 Å². The van der Waals surface area contributed by atoms with Crippen LogP contribution in [0.25, 0.3) is 0 Å². The molecule has 0 spiro atoms. The molecule has 0 fully saturated rings. The van der Waals surface area contributed by atoms with E-state index >= 15 is 0 Å². The molecule has 2 amide bonds. The van der Waals surface area contributed by atoms with E-state index < -0.39 is 23.3 Å². The fraction of sp³-hybridized carbons (Fsp3) is 0.529. The Labute approximate surface area is 177 Å². The molecule has 2 heterocycles. The van der Waals surface area contributed by atoms with Crippen LogP contribution in [0.15, 0.2) is 29.4 Å². The summed E-state index contributed by atoms with van der Waals surface area (Å²) in [6, 6.07) is 5.01. The quantitative estimate of drug-likeness (QED) is 0.538. The van der Waals surface area contributed by atoms with Crippen LogP contribution in [0, 0.1) is 18.3 Å². The van der Waals surface area contributed by atoms with E-state index in [9.17, 15) is 14.7 Å². The molecule has 0 saturated heterocycles. The second-order valence-electron chi connectivity index (χ2n) is 5.66. The first-order chi connectivity index (χ1) is 10.9. The van der Waals surface area contributed by atoms with E-state index in [1.165, 1.54) is 0 Å². The molecule has 2 rings (SSSR count). The average molecular weight is 378 g/mol. The van der Waals surface area contributed by atoms with Gasteiger partial charge in [0.05, 0.1) is 6.02 Å². The van der Waals surface area contributed by atoms with Crippen molar-refractivity contribution in [1.29, 1.82) is 0 Å². The molecule has 2 unspecified atom stereocenters. The monoisotopic (exact) mass is 377 g/mol. The van der Waals surface area contributed by atoms with Gasteiger partial charge in [0.25, 0.3) is 5.91 Å². The zero-order chi connectivity index (χ0) is 17.5. The summed E-state index contributed by atoms with van der Waals surface area (Å²) in [5.41, 5.74) is -0.0771. The number of nitrogens with one attached hydrogen (secondary N) is 1. The van der Waals surface area contributed by atoms with Gasteiger partial charge in [-0.1, -0.05) is 33.3 Å². The van der Waals surface area contributed by atoms with E-state index in [2.05, 4.69) is 15.3 Å². The zero-order valence-corrected chi connectivity index (χ0v) is 18.4. The van der Waals surface area contributed by atoms with Crippen molar-refractivity contribution in [3.63, 3.8) is 0 Å². The predicted molar refractivity (Wildman–Crippen MR) is 93.6 cm³/mol. The molecule has 0 bridgehead atoms. The number of nitrogens with zero attached hydrogens (tertiary/aromatic N) is 2. The summed E-state index contributed by atoms with van der Waals surface area (Å²) in [6.45, 7) is 7.60. The van der Waals surface area contributed by atoms with Crippen LogP contribution < -0.4 is 40.0 Å². The van der Waals surface area contributed by atoms with Crippen molar-refractivity contribution in [1.82, 2.24) is 10.3 Å². The third-order valence-corrected chi connectivity index (χ3v) is 4.14. The molecule has 25 heavy (non-hydrogen) atoms. The Bertz CT molecular complexity index is 584. The number of rotatable bonds is 4. The van der Waals surface area contributed by atoms with E-state index in [0.29, 0.717) is 6.42 Å². The molecule has 1 aromatic heterocycles. The van der Waals surface area contributed by atoms with Gasteiger partial charge >= 0.3 is 29.6 Å². The number of hydrogen-bond acceptors (Lipinski definition) is 4. The zero-order valence-electron chi connectivity index (χ0n) is 15.5. The SMILES string of the molecule is CCCC(C)C1(CC)C(=O)N=C([O-])NC1=O.Cc1ccccn1.Cl.[Na+]. The minimum Gasteiger partial charge on any atom is -0.846 e. The molecular formula is C17H25ClN3NaO3. The van der Waals surface area contributed by atoms with Gasteiger partial charge in [-0.25, -0.2) is 4.99 Å². The second kappa shape index (κ2) is 12.4. The molecule has 0 saturated carbocycles. The van der Waals surface area contributed by atoms with Crippen LogP contribution in [0.5, 0.6) is 0 Å². The molecule has 134 valence electrons. The molecule has 1 N–H and O–H groups in total. The first kappa shape index (κ1) is 26.3. The summed E-state index contributed by atoms with van der Waals surface area (Å²) in [7, 11) is 0. The second-order valence-corrected chi connectivity index (χ2v) is 5.66. The van der Waals surface area contributed by atoms with Crippen LogP contribution in [0.1, 0.15) is 45.7 Å². The van der Waals surface area contributed by atoms with Crippen molar-refractivity contribution in [2.24, 2.45) is 16.3 Å². The molecule has 1 aromatic rings. The van der Waals surface area contributed by atoms with E-state index in [4.69, 9.17) is 0 Å². The summed E-state index contributed by atoms with van der Waals surface area (Å²) in [5.74, 6) is -1.20. The van der Waals surface area contributed by atoms with Gasteiger partial charge in [0.2, 0.25) is 5.91 Å². The van der Waals surface area contributed by atoms with Crippen LogP contribution in [0.4, 0.5) is 0 Å². The largest absolute Gasteiger partial charge is 1.00 e. The van der Waals surface area contributed by atoms with Crippen molar-refractivity contribution in [2.45, 2.75) is 47.0 Å². The number of aromatic nitrogens is 1. The van der Waals surface area contributed by atoms with E-state index in [-0.39, 0.29) is 47.9 Å². The van der Waals surface area contributed by atoms with Crippen LogP contribution in [-0.4, -0.2) is 22.8 Å². The van der Waals surface area contributed by atoms with Crippen LogP contribution >= 0.6 is 12.4 Å². The summed E-state index contributed by atoms with van der Waals surface area (Å²) in [5, 5.41) is 13.1. The van der Waals surface area contributed by atoms with Gasteiger partial charge in [0.15, 0.2) is 0 Å². The number of aryl methyl sites for hydroxylation is 1. The van der Waals surface area contributed by atoms with Crippen molar-refractivity contribution in [2.75, 3.05) is 0 Å². The molecule has 0 aromatic carbocycles. The Morgan fingerprint density at radius 1 is 1.28 bits per heavy atom. The third-order valence-electron chi connectivity index (χ3n) is 4.14. The number of pyridine rings is 1. The van der Waals surface area contributed by atoms with Gasteiger partial charge in [-0.2, -0.15) is 0 Å². The summed E-state index contributed by atoms with van der Waals surface area (Å²) >= 11 is 0. The Morgan fingerprint density at radius 2 is 1.92 bits per heavy atom. The minimum absolute atomic E-state index is 0. The molecule has 0 radical (unpaired) electrons. The number of carbonyl (C=O) groups is 2. The normalized spacial score (nSPS) is 19.9. The summed E-state index contributed by atoms with van der Waals surface area (Å²) in [4.78, 5) is 31.0. The Morgan fingerprint density at radius 3 is 2.28 bits per heavy atom. The van der Waals surface area contributed by atoms with Gasteiger partial charge in [0, 0.05) is 11.9 Å². The molecule has 2 atom stereocenters. The number of halogens is 1. The minimum atomic E-state index is -1.15. The van der Waals surface area contributed by atoms with Crippen LogP contribution in [-0.2, 0) is 9.59 Å². The van der Waals surface area contributed by atoms with E-state index in [1.807, 2.05) is 39.0 Å². The summed E-state index contributed by atoms with van der Waals surface area (Å²) in [6.07, 6.45) is 3.80. The Kier molecular flexibility index (Phi) is 13.0. The molecule has 8 heteroatoms. The van der Waals surface area contributed by atoms with Gasteiger partial charge in [-0.3, -0.25) is 14.6 Å². The van der Waals surface area contributed by atoms with Gasteiger partial charge in [0.1, 0.15) is 5.41 Å².